The van der Waals surface area contributed by atoms with Crippen molar-refractivity contribution in [1.29, 1.82) is 0 Å². The van der Waals surface area contributed by atoms with E-state index in [9.17, 15) is 9.18 Å². The Balaban J connectivity index is 1.69. The number of hydrogen-bond donors (Lipinski definition) is 1. The van der Waals surface area contributed by atoms with Gasteiger partial charge in [-0.25, -0.2) is 19.0 Å². The molecule has 1 fully saturated rings. The van der Waals surface area contributed by atoms with Gasteiger partial charge < -0.3 is 10.1 Å². The maximum absolute atomic E-state index is 14.0. The van der Waals surface area contributed by atoms with Gasteiger partial charge in [0.25, 0.3) is 5.91 Å². The molecule has 2 atom stereocenters. The highest BCUT2D eigenvalue weighted by Gasteiger charge is 2.32. The maximum atomic E-state index is 14.0. The first kappa shape index (κ1) is 16.9. The van der Waals surface area contributed by atoms with E-state index >= 15 is 0 Å². The minimum Gasteiger partial charge on any atom is -0.491 e. The first-order valence-corrected chi connectivity index (χ1v) is 9.10. The van der Waals surface area contributed by atoms with Crippen LogP contribution in [-0.2, 0) is 4.84 Å². The third-order valence-corrected chi connectivity index (χ3v) is 4.93. The molecule has 1 amide bonds. The lowest BCUT2D eigenvalue weighted by Gasteiger charge is -2.25. The van der Waals surface area contributed by atoms with E-state index in [0.29, 0.717) is 41.4 Å². The molecule has 9 heteroatoms. The molecule has 2 aliphatic rings. The Bertz CT molecular complexity index is 1070. The Hall–Kier alpha value is -3.20. The third kappa shape index (κ3) is 2.75. The van der Waals surface area contributed by atoms with E-state index in [-0.39, 0.29) is 30.4 Å². The molecular formula is C19H18FN5O3. The van der Waals surface area contributed by atoms with Crippen molar-refractivity contribution in [3.8, 4) is 5.75 Å². The van der Waals surface area contributed by atoms with Crippen molar-refractivity contribution in [2.45, 2.75) is 25.4 Å². The largest absolute Gasteiger partial charge is 0.491 e. The van der Waals surface area contributed by atoms with Gasteiger partial charge in [0.2, 0.25) is 0 Å². The molecule has 5 rings (SSSR count). The molecule has 1 saturated heterocycles. The van der Waals surface area contributed by atoms with Gasteiger partial charge in [0, 0.05) is 24.2 Å². The van der Waals surface area contributed by atoms with E-state index in [2.05, 4.69) is 15.4 Å². The molecule has 3 aromatic rings. The third-order valence-electron chi connectivity index (χ3n) is 4.93. The molecule has 0 radical (unpaired) electrons. The number of carbonyl (C=O) groups is 1. The van der Waals surface area contributed by atoms with Gasteiger partial charge in [-0.2, -0.15) is 5.10 Å². The number of halogens is 1. The molecule has 28 heavy (non-hydrogen) atoms. The van der Waals surface area contributed by atoms with E-state index in [1.54, 1.807) is 23.4 Å². The van der Waals surface area contributed by atoms with Gasteiger partial charge in [-0.1, -0.05) is 0 Å². The van der Waals surface area contributed by atoms with E-state index in [1.165, 1.54) is 22.8 Å². The lowest BCUT2D eigenvalue weighted by atomic mass is 10.0. The summed E-state index contributed by atoms with van der Waals surface area (Å²) >= 11 is 0. The predicted octanol–water partition coefficient (Wildman–Crippen LogP) is 2.26. The fourth-order valence-corrected chi connectivity index (χ4v) is 3.59. The van der Waals surface area contributed by atoms with Gasteiger partial charge >= 0.3 is 0 Å². The number of hydrogen-bond acceptors (Lipinski definition) is 6. The molecule has 2 aromatic heterocycles. The van der Waals surface area contributed by atoms with Crippen LogP contribution in [0.2, 0.25) is 0 Å². The van der Waals surface area contributed by atoms with E-state index in [1.807, 2.05) is 6.92 Å². The molecule has 4 heterocycles. The molecule has 1 aromatic carbocycles. The molecule has 144 valence electrons. The average molecular weight is 383 g/mol. The van der Waals surface area contributed by atoms with Gasteiger partial charge in [0.1, 0.15) is 23.7 Å². The van der Waals surface area contributed by atoms with E-state index in [4.69, 9.17) is 9.57 Å². The fraction of sp³-hybridized carbons (Fsp3) is 0.316. The van der Waals surface area contributed by atoms with Gasteiger partial charge in [0.05, 0.1) is 24.9 Å². The van der Waals surface area contributed by atoms with Crippen molar-refractivity contribution in [3.05, 3.63) is 53.6 Å². The molecule has 0 spiro atoms. The smallest absolute Gasteiger partial charge is 0.257 e. The standard InChI is InChI=1S/C19H18FN5O3/c1-11-10-27-16-3-2-12(20)8-13(16)15-5-7-28-25(15)17-4-6-24-18(23-17)14(9-21-24)19(26)22-11/h2-4,6,8-9,11,15H,5,7,10H2,1H3,(H,22,26)/t11-,15-/m1/s1. The first-order chi connectivity index (χ1) is 13.6. The number of anilines is 1. The molecule has 0 saturated carbocycles. The van der Waals surface area contributed by atoms with Crippen molar-refractivity contribution >= 4 is 17.4 Å². The highest BCUT2D eigenvalue weighted by atomic mass is 19.1. The lowest BCUT2D eigenvalue weighted by Crippen LogP contribution is -2.36. The van der Waals surface area contributed by atoms with Crippen LogP contribution in [0, 0.1) is 5.82 Å². The Morgan fingerprint density at radius 2 is 2.21 bits per heavy atom. The molecule has 8 nitrogen and oxygen atoms in total. The number of hydroxylamine groups is 1. The zero-order valence-corrected chi connectivity index (χ0v) is 15.1. The number of rotatable bonds is 0. The van der Waals surface area contributed by atoms with Gasteiger partial charge in [-0.05, 0) is 25.1 Å². The van der Waals surface area contributed by atoms with Crippen LogP contribution in [0.5, 0.6) is 5.75 Å². The van der Waals surface area contributed by atoms with Crippen LogP contribution in [0.15, 0.2) is 36.7 Å². The summed E-state index contributed by atoms with van der Waals surface area (Å²) in [6.45, 7) is 2.56. The topological polar surface area (TPSA) is 81.0 Å². The number of fused-ring (bicyclic) bond motifs is 5. The summed E-state index contributed by atoms with van der Waals surface area (Å²) in [6, 6.07) is 5.67. The monoisotopic (exact) mass is 383 g/mol. The van der Waals surface area contributed by atoms with E-state index < -0.39 is 0 Å². The summed E-state index contributed by atoms with van der Waals surface area (Å²) < 4.78 is 21.5. The Labute approximate surface area is 159 Å². The summed E-state index contributed by atoms with van der Waals surface area (Å²) in [5.74, 6) is 0.452. The van der Waals surface area contributed by atoms with Crippen LogP contribution >= 0.6 is 0 Å². The number of ether oxygens (including phenoxy) is 1. The second-order valence-electron chi connectivity index (χ2n) is 6.94. The lowest BCUT2D eigenvalue weighted by molar-refractivity contribution is 0.0928. The number of amides is 1. The first-order valence-electron chi connectivity index (χ1n) is 9.10. The quantitative estimate of drug-likeness (QED) is 0.641. The number of benzene rings is 1. The Kier molecular flexibility index (Phi) is 3.90. The SMILES string of the molecule is C[C@@H]1COc2ccc(F)cc2[C@H]2CCON2c2ccn3ncc(c3n2)C(=O)N1. The summed E-state index contributed by atoms with van der Waals surface area (Å²) in [5, 5.41) is 8.73. The van der Waals surface area contributed by atoms with Crippen molar-refractivity contribution in [3.63, 3.8) is 0 Å². The van der Waals surface area contributed by atoms with Gasteiger partial charge in [-0.15, -0.1) is 0 Å². The summed E-state index contributed by atoms with van der Waals surface area (Å²) in [6.07, 6.45) is 3.87. The van der Waals surface area contributed by atoms with Gasteiger partial charge in [0.15, 0.2) is 11.5 Å². The normalized spacial score (nSPS) is 21.9. The highest BCUT2D eigenvalue weighted by molar-refractivity contribution is 5.99. The van der Waals surface area contributed by atoms with Crippen molar-refractivity contribution in [1.82, 2.24) is 19.9 Å². The average Bonchev–Trinajstić information content (AvgIpc) is 3.32. The molecule has 2 bridgehead atoms. The molecule has 0 aliphatic carbocycles. The predicted molar refractivity (Wildman–Crippen MR) is 97.6 cm³/mol. The minimum absolute atomic E-state index is 0.243. The number of carbonyl (C=O) groups excluding carboxylic acids is 1. The summed E-state index contributed by atoms with van der Waals surface area (Å²) in [5.41, 5.74) is 1.48. The minimum atomic E-state index is -0.346. The second kappa shape index (κ2) is 6.45. The number of nitrogens with zero attached hydrogens (tertiary/aromatic N) is 4. The molecular weight excluding hydrogens is 365 g/mol. The van der Waals surface area contributed by atoms with Crippen molar-refractivity contribution < 1.29 is 18.8 Å². The fourth-order valence-electron chi connectivity index (χ4n) is 3.59. The second-order valence-corrected chi connectivity index (χ2v) is 6.94. The van der Waals surface area contributed by atoms with Gasteiger partial charge in [-0.3, -0.25) is 9.63 Å². The highest BCUT2D eigenvalue weighted by Crippen LogP contribution is 2.39. The number of aromatic nitrogens is 3. The van der Waals surface area contributed by atoms with Crippen molar-refractivity contribution in [2.75, 3.05) is 18.3 Å². The molecule has 1 N–H and O–H groups in total. The van der Waals surface area contributed by atoms with Crippen LogP contribution < -0.4 is 15.1 Å². The Morgan fingerprint density at radius 3 is 3.11 bits per heavy atom. The van der Waals surface area contributed by atoms with Crippen molar-refractivity contribution in [2.24, 2.45) is 0 Å². The Morgan fingerprint density at radius 1 is 1.32 bits per heavy atom. The zero-order chi connectivity index (χ0) is 19.3. The molecule has 0 unspecified atom stereocenters. The van der Waals surface area contributed by atoms with Crippen LogP contribution in [0.25, 0.3) is 5.65 Å². The molecule has 2 aliphatic heterocycles. The summed E-state index contributed by atoms with van der Waals surface area (Å²) in [7, 11) is 0. The van der Waals surface area contributed by atoms with Crippen LogP contribution in [0.1, 0.15) is 35.3 Å². The van der Waals surface area contributed by atoms with Crippen LogP contribution in [-0.4, -0.2) is 39.8 Å². The van der Waals surface area contributed by atoms with E-state index in [0.717, 1.165) is 0 Å². The zero-order valence-electron chi connectivity index (χ0n) is 15.1. The number of nitrogens with one attached hydrogen (secondary N) is 1. The van der Waals surface area contributed by atoms with Crippen LogP contribution in [0.4, 0.5) is 10.2 Å². The summed E-state index contributed by atoms with van der Waals surface area (Å²) in [4.78, 5) is 23.1. The maximum Gasteiger partial charge on any atom is 0.257 e. The van der Waals surface area contributed by atoms with Crippen LogP contribution in [0.3, 0.4) is 0 Å².